The number of hydrogen-bond acceptors (Lipinski definition) is 3. The van der Waals surface area contributed by atoms with Crippen molar-refractivity contribution in [2.24, 2.45) is 5.73 Å². The maximum Gasteiger partial charge on any atom is 0.262 e. The van der Waals surface area contributed by atoms with Gasteiger partial charge in [-0.15, -0.1) is 0 Å². The van der Waals surface area contributed by atoms with Crippen LogP contribution in [0.3, 0.4) is 0 Å². The summed E-state index contributed by atoms with van der Waals surface area (Å²) in [6.45, 7) is 0.926. The molecule has 126 valence electrons. The topological polar surface area (TPSA) is 55.6 Å². The van der Waals surface area contributed by atoms with Gasteiger partial charge < -0.3 is 10.5 Å². The second-order valence-corrected chi connectivity index (χ2v) is 5.47. The second-order valence-electron chi connectivity index (χ2n) is 5.47. The molecule has 1 amide bonds. The van der Waals surface area contributed by atoms with E-state index >= 15 is 0 Å². The number of ether oxygens (including phenoxy) is 1. The number of nitrogens with zero attached hydrogens (tertiary/aromatic N) is 1. The molecule has 3 aromatic rings. The van der Waals surface area contributed by atoms with Crippen LogP contribution in [0.4, 0.5) is 11.4 Å². The number of amides is 1. The minimum absolute atomic E-state index is 0.0811. The largest absolute Gasteiger partial charge is 0.492 e. The van der Waals surface area contributed by atoms with Gasteiger partial charge in [0.15, 0.2) is 0 Å². The van der Waals surface area contributed by atoms with Gasteiger partial charge in [-0.2, -0.15) is 0 Å². The monoisotopic (exact) mass is 332 g/mol. The highest BCUT2D eigenvalue weighted by molar-refractivity contribution is 6.10. The van der Waals surface area contributed by atoms with Crippen molar-refractivity contribution in [3.63, 3.8) is 0 Å². The van der Waals surface area contributed by atoms with E-state index in [4.69, 9.17) is 10.5 Å². The number of hydrogen-bond donors (Lipinski definition) is 1. The van der Waals surface area contributed by atoms with Crippen LogP contribution in [-0.2, 0) is 0 Å². The van der Waals surface area contributed by atoms with Gasteiger partial charge >= 0.3 is 0 Å². The van der Waals surface area contributed by atoms with E-state index < -0.39 is 0 Å². The SMILES string of the molecule is NCCOc1ccc(N(C(=O)c2ccccc2)c2ccccc2)cc1. The van der Waals surface area contributed by atoms with E-state index in [2.05, 4.69) is 0 Å². The van der Waals surface area contributed by atoms with E-state index in [-0.39, 0.29) is 5.91 Å². The first-order chi connectivity index (χ1) is 12.3. The first kappa shape index (κ1) is 16.7. The third kappa shape index (κ3) is 4.05. The van der Waals surface area contributed by atoms with E-state index in [0.29, 0.717) is 18.7 Å². The molecule has 0 aliphatic rings. The number of benzene rings is 3. The Labute approximate surface area is 147 Å². The second kappa shape index (κ2) is 8.13. The summed E-state index contributed by atoms with van der Waals surface area (Å²) in [5.74, 6) is 0.650. The predicted octanol–water partition coefficient (Wildman–Crippen LogP) is 4.00. The normalized spacial score (nSPS) is 10.3. The Morgan fingerprint density at radius 3 is 1.96 bits per heavy atom. The Balaban J connectivity index is 1.96. The van der Waals surface area contributed by atoms with Gasteiger partial charge in [0.2, 0.25) is 0 Å². The number of carbonyl (C=O) groups excluding carboxylic acids is 1. The van der Waals surface area contributed by atoms with Gasteiger partial charge in [0.25, 0.3) is 5.91 Å². The van der Waals surface area contributed by atoms with Crippen LogP contribution in [0.2, 0.25) is 0 Å². The van der Waals surface area contributed by atoms with E-state index in [1.807, 2.05) is 84.9 Å². The molecule has 0 atom stereocenters. The van der Waals surface area contributed by atoms with Crippen molar-refractivity contribution in [2.75, 3.05) is 18.1 Å². The molecule has 3 aromatic carbocycles. The molecule has 0 aliphatic carbocycles. The van der Waals surface area contributed by atoms with E-state index in [0.717, 1.165) is 17.1 Å². The lowest BCUT2D eigenvalue weighted by Gasteiger charge is -2.23. The Hall–Kier alpha value is -3.11. The maximum absolute atomic E-state index is 13.1. The van der Waals surface area contributed by atoms with Crippen LogP contribution in [0.25, 0.3) is 0 Å². The molecule has 0 saturated carbocycles. The van der Waals surface area contributed by atoms with Crippen molar-refractivity contribution in [1.82, 2.24) is 0 Å². The van der Waals surface area contributed by atoms with Gasteiger partial charge in [0.05, 0.1) is 0 Å². The first-order valence-electron chi connectivity index (χ1n) is 8.17. The quantitative estimate of drug-likeness (QED) is 0.742. The molecule has 0 bridgehead atoms. The van der Waals surface area contributed by atoms with Crippen LogP contribution in [0.5, 0.6) is 5.75 Å². The summed E-state index contributed by atoms with van der Waals surface area (Å²) in [4.78, 5) is 14.8. The van der Waals surface area contributed by atoms with Crippen LogP contribution in [0, 0.1) is 0 Å². The summed E-state index contributed by atoms with van der Waals surface area (Å²) in [5.41, 5.74) is 7.68. The van der Waals surface area contributed by atoms with Crippen LogP contribution in [-0.4, -0.2) is 19.1 Å². The van der Waals surface area contributed by atoms with Gasteiger partial charge in [-0.3, -0.25) is 9.69 Å². The lowest BCUT2D eigenvalue weighted by atomic mass is 10.1. The molecule has 25 heavy (non-hydrogen) atoms. The summed E-state index contributed by atoms with van der Waals surface area (Å²) in [6.07, 6.45) is 0. The number of para-hydroxylation sites is 1. The highest BCUT2D eigenvalue weighted by Crippen LogP contribution is 2.29. The summed E-state index contributed by atoms with van der Waals surface area (Å²) in [5, 5.41) is 0. The molecular weight excluding hydrogens is 312 g/mol. The lowest BCUT2D eigenvalue weighted by molar-refractivity contribution is 0.0999. The Kier molecular flexibility index (Phi) is 5.44. The van der Waals surface area contributed by atoms with E-state index in [1.54, 1.807) is 4.90 Å². The highest BCUT2D eigenvalue weighted by atomic mass is 16.5. The van der Waals surface area contributed by atoms with E-state index in [1.165, 1.54) is 0 Å². The van der Waals surface area contributed by atoms with Crippen molar-refractivity contribution in [3.05, 3.63) is 90.5 Å². The van der Waals surface area contributed by atoms with Gasteiger partial charge in [-0.1, -0.05) is 36.4 Å². The van der Waals surface area contributed by atoms with Crippen molar-refractivity contribution in [3.8, 4) is 5.75 Å². The van der Waals surface area contributed by atoms with Crippen LogP contribution in [0.1, 0.15) is 10.4 Å². The molecule has 0 saturated heterocycles. The molecule has 0 unspecified atom stereocenters. The third-order valence-corrected chi connectivity index (χ3v) is 3.72. The smallest absolute Gasteiger partial charge is 0.262 e. The van der Waals surface area contributed by atoms with Gasteiger partial charge in [-0.05, 0) is 48.5 Å². The van der Waals surface area contributed by atoms with Gasteiger partial charge in [0.1, 0.15) is 12.4 Å². The standard InChI is InChI=1S/C21H20N2O2/c22-15-16-25-20-13-11-19(12-14-20)23(18-9-5-2-6-10-18)21(24)17-7-3-1-4-8-17/h1-14H,15-16,22H2. The fourth-order valence-electron chi connectivity index (χ4n) is 2.54. The zero-order valence-electron chi connectivity index (χ0n) is 13.8. The number of nitrogens with two attached hydrogens (primary N) is 1. The molecular formula is C21H20N2O2. The summed E-state index contributed by atoms with van der Waals surface area (Å²) < 4.78 is 5.51. The Bertz CT molecular complexity index is 802. The summed E-state index contributed by atoms with van der Waals surface area (Å²) >= 11 is 0. The Morgan fingerprint density at radius 1 is 0.800 bits per heavy atom. The first-order valence-corrected chi connectivity index (χ1v) is 8.17. The maximum atomic E-state index is 13.1. The molecule has 4 heteroatoms. The van der Waals surface area contributed by atoms with Crippen molar-refractivity contribution in [1.29, 1.82) is 0 Å². The number of rotatable bonds is 6. The summed E-state index contributed by atoms with van der Waals surface area (Å²) in [6, 6.07) is 26.3. The number of anilines is 2. The fraction of sp³-hybridized carbons (Fsp3) is 0.0952. The molecule has 0 aliphatic heterocycles. The average Bonchev–Trinajstić information content (AvgIpc) is 2.69. The molecule has 0 heterocycles. The molecule has 0 spiro atoms. The zero-order chi connectivity index (χ0) is 17.5. The molecule has 4 nitrogen and oxygen atoms in total. The average molecular weight is 332 g/mol. The predicted molar refractivity (Wildman–Crippen MR) is 100 cm³/mol. The fourth-order valence-corrected chi connectivity index (χ4v) is 2.54. The van der Waals surface area contributed by atoms with Crippen molar-refractivity contribution < 1.29 is 9.53 Å². The van der Waals surface area contributed by atoms with Crippen molar-refractivity contribution in [2.45, 2.75) is 0 Å². The minimum Gasteiger partial charge on any atom is -0.492 e. The van der Waals surface area contributed by atoms with Crippen LogP contribution >= 0.6 is 0 Å². The third-order valence-electron chi connectivity index (χ3n) is 3.72. The van der Waals surface area contributed by atoms with Crippen molar-refractivity contribution >= 4 is 17.3 Å². The molecule has 2 N–H and O–H groups in total. The molecule has 0 aromatic heterocycles. The number of carbonyl (C=O) groups is 1. The zero-order valence-corrected chi connectivity index (χ0v) is 13.8. The lowest BCUT2D eigenvalue weighted by Crippen LogP contribution is -2.25. The van der Waals surface area contributed by atoms with Crippen LogP contribution in [0.15, 0.2) is 84.9 Å². The van der Waals surface area contributed by atoms with Gasteiger partial charge in [0, 0.05) is 23.5 Å². The van der Waals surface area contributed by atoms with E-state index in [9.17, 15) is 4.79 Å². The van der Waals surface area contributed by atoms with Gasteiger partial charge in [-0.25, -0.2) is 0 Å². The Morgan fingerprint density at radius 2 is 1.36 bits per heavy atom. The minimum atomic E-state index is -0.0811. The van der Waals surface area contributed by atoms with Crippen LogP contribution < -0.4 is 15.4 Å². The highest BCUT2D eigenvalue weighted by Gasteiger charge is 2.19. The molecule has 3 rings (SSSR count). The summed E-state index contributed by atoms with van der Waals surface area (Å²) in [7, 11) is 0. The molecule has 0 radical (unpaired) electrons. The molecule has 0 fully saturated rings.